The number of carbonyl (C=O) groups is 4. The maximum absolute atomic E-state index is 14.7. The molecule has 3 aliphatic carbocycles. The lowest BCUT2D eigenvalue weighted by molar-refractivity contribution is -0.142. The van der Waals surface area contributed by atoms with E-state index in [1.165, 1.54) is 11.1 Å². The Hall–Kier alpha value is -3.45. The molecule has 6 aliphatic rings. The van der Waals surface area contributed by atoms with Crippen molar-refractivity contribution in [3.63, 3.8) is 0 Å². The number of fused-ring (bicyclic) bond motifs is 3. The first-order chi connectivity index (χ1) is 24.5. The number of hydrogen-bond donors (Lipinski definition) is 3. The molecule has 0 aromatic heterocycles. The van der Waals surface area contributed by atoms with Crippen LogP contribution in [0.15, 0.2) is 30.9 Å². The lowest BCUT2D eigenvalue weighted by Gasteiger charge is -2.33. The minimum absolute atomic E-state index is 0.0497. The number of nitrogens with zero attached hydrogens (tertiary/aromatic N) is 2. The van der Waals surface area contributed by atoms with E-state index in [0.29, 0.717) is 25.9 Å². The van der Waals surface area contributed by atoms with Crippen LogP contribution in [0.1, 0.15) is 107 Å². The Bertz CT molecular complexity index is 1660. The number of rotatable bonds is 7. The number of aryl methyl sites for hydroxylation is 1. The van der Waals surface area contributed by atoms with Crippen LogP contribution < -0.4 is 15.4 Å². The van der Waals surface area contributed by atoms with Crippen LogP contribution in [0.25, 0.3) is 0 Å². The first-order valence-corrected chi connectivity index (χ1v) is 20.7. The Kier molecular flexibility index (Phi) is 10.2. The van der Waals surface area contributed by atoms with Gasteiger partial charge in [-0.25, -0.2) is 13.2 Å². The molecule has 0 radical (unpaired) electrons. The molecule has 1 aromatic carbocycles. The van der Waals surface area contributed by atoms with Gasteiger partial charge < -0.3 is 20.3 Å². The SMILES string of the molecule is C=C[C@@H]1C[C@]1(NC(=O)[C@@H]1C[C@@H]2CN1C(=O)[C@H](C1CCCC1)NC(C)CCCCCCc1cccc3c1CN(C3)C(=O)O2)C(=O)NS(=O)(=O)C1CC1. The minimum atomic E-state index is -3.85. The summed E-state index contributed by atoms with van der Waals surface area (Å²) in [5.74, 6) is -1.89. The van der Waals surface area contributed by atoms with E-state index in [-0.39, 0.29) is 37.3 Å². The number of benzene rings is 1. The molecule has 51 heavy (non-hydrogen) atoms. The quantitative estimate of drug-likeness (QED) is 0.359. The Labute approximate surface area is 301 Å². The van der Waals surface area contributed by atoms with E-state index < -0.39 is 62.8 Å². The fourth-order valence-electron chi connectivity index (χ4n) is 8.85. The van der Waals surface area contributed by atoms with Crippen molar-refractivity contribution in [2.45, 2.75) is 145 Å². The summed E-state index contributed by atoms with van der Waals surface area (Å²) < 4.78 is 33.7. The highest BCUT2D eigenvalue weighted by molar-refractivity contribution is 7.91. The van der Waals surface area contributed by atoms with Gasteiger partial charge in [-0.05, 0) is 80.9 Å². The molecule has 3 aliphatic heterocycles. The highest BCUT2D eigenvalue weighted by Crippen LogP contribution is 2.45. The zero-order valence-electron chi connectivity index (χ0n) is 29.7. The molecule has 12 nitrogen and oxygen atoms in total. The van der Waals surface area contributed by atoms with Gasteiger partial charge in [-0.1, -0.05) is 56.4 Å². The molecule has 13 heteroatoms. The Morgan fingerprint density at radius 3 is 2.45 bits per heavy atom. The van der Waals surface area contributed by atoms with Gasteiger partial charge in [-0.15, -0.1) is 6.58 Å². The molecule has 1 unspecified atom stereocenters. The van der Waals surface area contributed by atoms with Crippen LogP contribution in [0.5, 0.6) is 0 Å². The van der Waals surface area contributed by atoms with E-state index in [2.05, 4.69) is 47.1 Å². The van der Waals surface area contributed by atoms with Crippen molar-refractivity contribution in [2.75, 3.05) is 6.54 Å². The summed E-state index contributed by atoms with van der Waals surface area (Å²) in [7, 11) is -3.85. The highest BCUT2D eigenvalue weighted by atomic mass is 32.2. The van der Waals surface area contributed by atoms with Gasteiger partial charge in [0.2, 0.25) is 21.8 Å². The predicted octanol–water partition coefficient (Wildman–Crippen LogP) is 3.82. The molecular formula is C38H53N5O7S. The van der Waals surface area contributed by atoms with Crippen molar-refractivity contribution in [2.24, 2.45) is 11.8 Å². The molecule has 7 rings (SSSR count). The smallest absolute Gasteiger partial charge is 0.410 e. The number of nitrogens with one attached hydrogen (secondary N) is 3. The largest absolute Gasteiger partial charge is 0.444 e. The van der Waals surface area contributed by atoms with Crippen LogP contribution in [0.4, 0.5) is 4.79 Å². The van der Waals surface area contributed by atoms with Gasteiger partial charge in [0.15, 0.2) is 0 Å². The van der Waals surface area contributed by atoms with E-state index >= 15 is 0 Å². The minimum Gasteiger partial charge on any atom is -0.444 e. The summed E-state index contributed by atoms with van der Waals surface area (Å²) in [6.45, 7) is 6.87. The molecule has 1 aromatic rings. The normalized spacial score (nSPS) is 32.1. The van der Waals surface area contributed by atoms with Crippen LogP contribution in [0.2, 0.25) is 0 Å². The second-order valence-electron chi connectivity index (χ2n) is 15.9. The third-order valence-electron chi connectivity index (χ3n) is 12.1. The van der Waals surface area contributed by atoms with Crippen LogP contribution in [0, 0.1) is 11.8 Å². The van der Waals surface area contributed by atoms with Crippen molar-refractivity contribution in [3.8, 4) is 0 Å². The van der Waals surface area contributed by atoms with Gasteiger partial charge in [0.25, 0.3) is 5.91 Å². The molecule has 4 amide bonds. The average Bonchev–Trinajstić information content (AvgIpc) is 3.88. The van der Waals surface area contributed by atoms with Crippen LogP contribution in [-0.2, 0) is 48.7 Å². The molecule has 278 valence electrons. The summed E-state index contributed by atoms with van der Waals surface area (Å²) in [5, 5.41) is 5.92. The van der Waals surface area contributed by atoms with Crippen molar-refractivity contribution in [3.05, 3.63) is 47.5 Å². The Morgan fingerprint density at radius 1 is 1.00 bits per heavy atom. The van der Waals surface area contributed by atoms with E-state index in [1.807, 2.05) is 0 Å². The van der Waals surface area contributed by atoms with Gasteiger partial charge >= 0.3 is 6.09 Å². The van der Waals surface area contributed by atoms with Crippen molar-refractivity contribution in [1.29, 1.82) is 0 Å². The Morgan fingerprint density at radius 2 is 1.73 bits per heavy atom. The van der Waals surface area contributed by atoms with Crippen molar-refractivity contribution in [1.82, 2.24) is 25.2 Å². The molecule has 4 bridgehead atoms. The van der Waals surface area contributed by atoms with Crippen LogP contribution >= 0.6 is 0 Å². The topological polar surface area (TPSA) is 154 Å². The standard InChI is InChI=1S/C38H53N5O7S/c1-3-28-20-38(28,36(46)41-51(48,49)30-17-18-30)40-34(44)32-19-29-22-43(32)35(45)33(26-13-8-9-14-26)39-24(2)11-6-4-5-7-12-25-15-10-16-27-21-42(23-31(25)27)37(47)50-29/h3,10,15-16,24,26,28-30,32-33,39H,1,4-9,11-14,17-23H2,2H3,(H,40,44)(H,41,46)/t24?,28-,29-,32+,33+,38-/m1/s1. The first kappa shape index (κ1) is 35.9. The molecule has 4 fully saturated rings. The molecule has 6 atom stereocenters. The van der Waals surface area contributed by atoms with Gasteiger partial charge in [-0.2, -0.15) is 0 Å². The number of hydrogen-bond acceptors (Lipinski definition) is 8. The summed E-state index contributed by atoms with van der Waals surface area (Å²) in [5.41, 5.74) is 2.09. The zero-order chi connectivity index (χ0) is 35.9. The number of ether oxygens (including phenoxy) is 1. The first-order valence-electron chi connectivity index (χ1n) is 19.1. The maximum Gasteiger partial charge on any atom is 0.410 e. The summed E-state index contributed by atoms with van der Waals surface area (Å²) >= 11 is 0. The molecule has 3 heterocycles. The molecule has 0 spiro atoms. The van der Waals surface area contributed by atoms with E-state index in [4.69, 9.17) is 4.74 Å². The number of carbonyl (C=O) groups excluding carboxylic acids is 4. The lowest BCUT2D eigenvalue weighted by Crippen LogP contribution is -2.59. The molecule has 3 saturated carbocycles. The molecule has 1 saturated heterocycles. The maximum atomic E-state index is 14.7. The summed E-state index contributed by atoms with van der Waals surface area (Å²) in [6, 6.07) is 4.84. The fraction of sp³-hybridized carbons (Fsp3) is 0.684. The predicted molar refractivity (Wildman–Crippen MR) is 190 cm³/mol. The summed E-state index contributed by atoms with van der Waals surface area (Å²) in [4.78, 5) is 59.3. The van der Waals surface area contributed by atoms with Crippen LogP contribution in [0.3, 0.4) is 0 Å². The van der Waals surface area contributed by atoms with Gasteiger partial charge in [0, 0.05) is 31.5 Å². The monoisotopic (exact) mass is 723 g/mol. The lowest BCUT2D eigenvalue weighted by atomic mass is 9.94. The van der Waals surface area contributed by atoms with E-state index in [0.717, 1.165) is 69.8 Å². The van der Waals surface area contributed by atoms with Crippen molar-refractivity contribution < 1.29 is 32.3 Å². The molecule has 3 N–H and O–H groups in total. The van der Waals surface area contributed by atoms with E-state index in [9.17, 15) is 27.6 Å². The second-order valence-corrected chi connectivity index (χ2v) is 17.8. The number of amides is 4. The van der Waals surface area contributed by atoms with Gasteiger partial charge in [0.1, 0.15) is 17.7 Å². The van der Waals surface area contributed by atoms with Crippen LogP contribution in [-0.4, -0.2) is 83.6 Å². The van der Waals surface area contributed by atoms with Gasteiger partial charge in [-0.3, -0.25) is 24.0 Å². The molecular weight excluding hydrogens is 671 g/mol. The zero-order valence-corrected chi connectivity index (χ0v) is 30.6. The highest BCUT2D eigenvalue weighted by Gasteiger charge is 2.62. The van der Waals surface area contributed by atoms with Gasteiger partial charge in [0.05, 0.1) is 17.8 Å². The number of sulfonamides is 1. The van der Waals surface area contributed by atoms with Crippen molar-refractivity contribution >= 4 is 33.8 Å². The summed E-state index contributed by atoms with van der Waals surface area (Å²) in [6.07, 6.45) is 11.7. The third kappa shape index (κ3) is 7.56. The van der Waals surface area contributed by atoms with E-state index in [1.54, 1.807) is 15.9 Å². The Balaban J connectivity index is 1.15. The average molecular weight is 724 g/mol. The fourth-order valence-corrected chi connectivity index (χ4v) is 10.2. The second kappa shape index (κ2) is 14.5. The third-order valence-corrected chi connectivity index (χ3v) is 14.0.